The number of aromatic nitrogens is 2. The van der Waals surface area contributed by atoms with Gasteiger partial charge in [-0.25, -0.2) is 9.37 Å². The Morgan fingerprint density at radius 3 is 1.82 bits per heavy atom. The Kier molecular flexibility index (Phi) is 8.42. The van der Waals surface area contributed by atoms with Gasteiger partial charge in [0, 0.05) is 37.3 Å². The Morgan fingerprint density at radius 1 is 0.658 bits per heavy atom. The number of unbranched alkanes of at least 4 members (excludes halogenated alkanes) is 1. The topological polar surface area (TPSA) is 21.1 Å². The highest BCUT2D eigenvalue weighted by Crippen LogP contribution is 2.31. The first-order valence-corrected chi connectivity index (χ1v) is 13.4. The van der Waals surface area contributed by atoms with E-state index in [1.807, 2.05) is 30.3 Å². The first-order valence-electron chi connectivity index (χ1n) is 13.4. The molecule has 4 heteroatoms. The molecule has 0 N–H and O–H groups in total. The van der Waals surface area contributed by atoms with Crippen molar-refractivity contribution in [2.24, 2.45) is 0 Å². The van der Waals surface area contributed by atoms with Crippen LogP contribution in [0.1, 0.15) is 36.6 Å². The molecule has 0 amide bonds. The van der Waals surface area contributed by atoms with Crippen molar-refractivity contribution in [1.82, 2.24) is 14.5 Å². The zero-order valence-corrected chi connectivity index (χ0v) is 21.9. The first kappa shape index (κ1) is 25.6. The number of rotatable bonds is 11. The van der Waals surface area contributed by atoms with Crippen LogP contribution in [0, 0.1) is 5.82 Å². The third-order valence-electron chi connectivity index (χ3n) is 6.83. The van der Waals surface area contributed by atoms with Gasteiger partial charge in [-0.3, -0.25) is 4.90 Å². The van der Waals surface area contributed by atoms with E-state index in [4.69, 9.17) is 4.98 Å². The van der Waals surface area contributed by atoms with E-state index in [-0.39, 0.29) is 5.82 Å². The van der Waals surface area contributed by atoms with Gasteiger partial charge in [0.25, 0.3) is 0 Å². The van der Waals surface area contributed by atoms with Gasteiger partial charge in [-0.2, -0.15) is 0 Å². The van der Waals surface area contributed by atoms with Gasteiger partial charge in [-0.15, -0.1) is 0 Å². The second-order valence-electron chi connectivity index (χ2n) is 9.73. The molecule has 0 radical (unpaired) electrons. The van der Waals surface area contributed by atoms with Gasteiger partial charge in [-0.05, 0) is 29.7 Å². The molecule has 0 atom stereocenters. The van der Waals surface area contributed by atoms with E-state index in [1.165, 1.54) is 11.3 Å². The lowest BCUT2D eigenvalue weighted by molar-refractivity contribution is 0.241. The second kappa shape index (κ2) is 12.5. The van der Waals surface area contributed by atoms with Crippen LogP contribution in [0.25, 0.3) is 22.6 Å². The molecular weight excluding hydrogens is 469 g/mol. The van der Waals surface area contributed by atoms with Crippen LogP contribution in [-0.2, 0) is 26.2 Å². The second-order valence-corrected chi connectivity index (χ2v) is 9.73. The van der Waals surface area contributed by atoms with Gasteiger partial charge < -0.3 is 4.57 Å². The Balaban J connectivity index is 1.60. The molecule has 0 aliphatic carbocycles. The molecule has 0 saturated carbocycles. The summed E-state index contributed by atoms with van der Waals surface area (Å²) in [4.78, 5) is 7.70. The van der Waals surface area contributed by atoms with Crippen LogP contribution >= 0.6 is 0 Å². The summed E-state index contributed by atoms with van der Waals surface area (Å²) in [6, 6.07) is 38.4. The molecule has 0 fully saturated rings. The van der Waals surface area contributed by atoms with Gasteiger partial charge in [0.2, 0.25) is 0 Å². The summed E-state index contributed by atoms with van der Waals surface area (Å²) in [5, 5.41) is 0. The number of nitrogens with zero attached hydrogens (tertiary/aromatic N) is 3. The van der Waals surface area contributed by atoms with Crippen molar-refractivity contribution in [2.75, 3.05) is 0 Å². The van der Waals surface area contributed by atoms with E-state index >= 15 is 0 Å². The Bertz CT molecular complexity index is 1410. The van der Waals surface area contributed by atoms with Crippen LogP contribution in [0.3, 0.4) is 0 Å². The average molecular weight is 504 g/mol. The van der Waals surface area contributed by atoms with Crippen molar-refractivity contribution < 1.29 is 4.39 Å². The van der Waals surface area contributed by atoms with Crippen LogP contribution in [0.5, 0.6) is 0 Å². The van der Waals surface area contributed by atoms with Gasteiger partial charge in [0.15, 0.2) is 0 Å². The molecule has 1 heterocycles. The highest BCUT2D eigenvalue weighted by molar-refractivity contribution is 5.68. The largest absolute Gasteiger partial charge is 0.326 e. The van der Waals surface area contributed by atoms with E-state index in [0.717, 1.165) is 60.7 Å². The molecule has 192 valence electrons. The Labute approximate surface area is 225 Å². The molecule has 0 bridgehead atoms. The number of halogens is 1. The smallest absolute Gasteiger partial charge is 0.140 e. The molecule has 0 aliphatic heterocycles. The quantitative estimate of drug-likeness (QED) is 0.181. The predicted octanol–water partition coefficient (Wildman–Crippen LogP) is 8.36. The third kappa shape index (κ3) is 6.27. The number of imidazole rings is 1. The first-order chi connectivity index (χ1) is 18.7. The van der Waals surface area contributed by atoms with Crippen LogP contribution in [-0.4, -0.2) is 14.5 Å². The minimum absolute atomic E-state index is 0.208. The maximum atomic E-state index is 13.7. The SMILES string of the molecule is CCCCn1c(-c2ccccc2)nc(-c2ccccc2)c1CN(Cc1ccccc1)Cc1ccc(F)cc1. The minimum Gasteiger partial charge on any atom is -0.326 e. The van der Waals surface area contributed by atoms with E-state index in [1.54, 1.807) is 12.1 Å². The molecule has 38 heavy (non-hydrogen) atoms. The van der Waals surface area contributed by atoms with Crippen LogP contribution in [0.4, 0.5) is 4.39 Å². The van der Waals surface area contributed by atoms with Crippen molar-refractivity contribution in [3.05, 3.63) is 138 Å². The number of hydrogen-bond donors (Lipinski definition) is 0. The fraction of sp³-hybridized carbons (Fsp3) is 0.206. The molecule has 0 aliphatic rings. The van der Waals surface area contributed by atoms with Crippen LogP contribution < -0.4 is 0 Å². The standard InChI is InChI=1S/C34H34FN3/c1-2-3-23-38-32(33(29-15-9-5-10-16-29)36-34(38)30-17-11-6-12-18-30)26-37(24-27-13-7-4-8-14-27)25-28-19-21-31(35)22-20-28/h4-22H,2-3,23-26H2,1H3. The predicted molar refractivity (Wildman–Crippen MR) is 154 cm³/mol. The summed E-state index contributed by atoms with van der Waals surface area (Å²) in [5.74, 6) is 0.800. The van der Waals surface area contributed by atoms with Crippen molar-refractivity contribution in [1.29, 1.82) is 0 Å². The third-order valence-corrected chi connectivity index (χ3v) is 6.83. The lowest BCUT2D eigenvalue weighted by Gasteiger charge is -2.24. The normalized spacial score (nSPS) is 11.2. The highest BCUT2D eigenvalue weighted by Gasteiger charge is 2.22. The minimum atomic E-state index is -0.208. The van der Waals surface area contributed by atoms with Crippen molar-refractivity contribution in [3.63, 3.8) is 0 Å². The molecule has 4 aromatic carbocycles. The summed E-state index contributed by atoms with van der Waals surface area (Å²) in [6.07, 6.45) is 2.18. The molecule has 0 saturated heterocycles. The van der Waals surface area contributed by atoms with E-state index in [0.29, 0.717) is 6.54 Å². The van der Waals surface area contributed by atoms with Gasteiger partial charge >= 0.3 is 0 Å². The van der Waals surface area contributed by atoms with Crippen molar-refractivity contribution >= 4 is 0 Å². The molecular formula is C34H34FN3. The van der Waals surface area contributed by atoms with Crippen LogP contribution in [0.2, 0.25) is 0 Å². The fourth-order valence-electron chi connectivity index (χ4n) is 4.91. The monoisotopic (exact) mass is 503 g/mol. The summed E-state index contributed by atoms with van der Waals surface area (Å²) < 4.78 is 16.1. The molecule has 5 aromatic rings. The highest BCUT2D eigenvalue weighted by atomic mass is 19.1. The fourth-order valence-corrected chi connectivity index (χ4v) is 4.91. The average Bonchev–Trinajstić information content (AvgIpc) is 3.32. The summed E-state index contributed by atoms with van der Waals surface area (Å²) in [6.45, 7) is 5.36. The Hall–Kier alpha value is -4.02. The van der Waals surface area contributed by atoms with Gasteiger partial charge in [-0.1, -0.05) is 116 Å². The van der Waals surface area contributed by atoms with Crippen molar-refractivity contribution in [2.45, 2.75) is 45.9 Å². The summed E-state index contributed by atoms with van der Waals surface area (Å²) in [5.41, 5.74) is 6.82. The van der Waals surface area contributed by atoms with Crippen molar-refractivity contribution in [3.8, 4) is 22.6 Å². The maximum absolute atomic E-state index is 13.7. The van der Waals surface area contributed by atoms with Crippen LogP contribution in [0.15, 0.2) is 115 Å². The van der Waals surface area contributed by atoms with E-state index in [2.05, 4.69) is 89.2 Å². The lowest BCUT2D eigenvalue weighted by atomic mass is 10.1. The summed E-state index contributed by atoms with van der Waals surface area (Å²) >= 11 is 0. The molecule has 5 rings (SSSR count). The van der Waals surface area contributed by atoms with Gasteiger partial charge in [0.1, 0.15) is 11.6 Å². The summed E-state index contributed by atoms with van der Waals surface area (Å²) in [7, 11) is 0. The number of benzene rings is 4. The molecule has 0 unspecified atom stereocenters. The molecule has 1 aromatic heterocycles. The molecule has 3 nitrogen and oxygen atoms in total. The van der Waals surface area contributed by atoms with E-state index in [9.17, 15) is 4.39 Å². The van der Waals surface area contributed by atoms with E-state index < -0.39 is 0 Å². The number of hydrogen-bond acceptors (Lipinski definition) is 2. The lowest BCUT2D eigenvalue weighted by Crippen LogP contribution is -2.24. The zero-order valence-electron chi connectivity index (χ0n) is 21.9. The molecule has 0 spiro atoms. The van der Waals surface area contributed by atoms with Gasteiger partial charge in [0.05, 0.1) is 11.4 Å². The zero-order chi connectivity index (χ0) is 26.2. The maximum Gasteiger partial charge on any atom is 0.140 e. The Morgan fingerprint density at radius 2 is 1.21 bits per heavy atom.